The Balaban J connectivity index is 2.74. The van der Waals surface area contributed by atoms with Crippen molar-refractivity contribution in [1.82, 2.24) is 0 Å². The molecule has 1 aromatic rings. The second-order valence-corrected chi connectivity index (χ2v) is 5.28. The maximum Gasteiger partial charge on any atom is 0.120 e. The number of aliphatic hydroxyl groups is 1. The van der Waals surface area contributed by atoms with E-state index in [4.69, 9.17) is 10.5 Å². The van der Waals surface area contributed by atoms with Gasteiger partial charge < -0.3 is 15.6 Å². The number of rotatable bonds is 4. The first-order valence-electron chi connectivity index (χ1n) is 6.06. The van der Waals surface area contributed by atoms with Crippen LogP contribution >= 0.6 is 0 Å². The Bertz CT molecular complexity index is 340. The molecular weight excluding hydrogens is 214 g/mol. The van der Waals surface area contributed by atoms with Gasteiger partial charge in [0.25, 0.3) is 0 Å². The molecule has 0 spiro atoms. The summed E-state index contributed by atoms with van der Waals surface area (Å²) in [7, 11) is 0. The summed E-state index contributed by atoms with van der Waals surface area (Å²) >= 11 is 0. The molecule has 2 atom stereocenters. The Hall–Kier alpha value is -1.06. The van der Waals surface area contributed by atoms with Crippen LogP contribution in [0.15, 0.2) is 24.3 Å². The minimum atomic E-state index is -0.496. The van der Waals surface area contributed by atoms with Gasteiger partial charge in [0.1, 0.15) is 11.4 Å². The Morgan fingerprint density at radius 3 is 2.18 bits per heavy atom. The quantitative estimate of drug-likeness (QED) is 0.846. The SMILES string of the molecule is CC[C@H](O)[C@H](N)c1ccc(OC(C)(C)C)cc1. The van der Waals surface area contributed by atoms with Crippen LogP contribution in [0.25, 0.3) is 0 Å². The monoisotopic (exact) mass is 237 g/mol. The molecule has 1 aromatic carbocycles. The zero-order chi connectivity index (χ0) is 13.1. The van der Waals surface area contributed by atoms with E-state index in [9.17, 15) is 5.11 Å². The topological polar surface area (TPSA) is 55.5 Å². The normalized spacial score (nSPS) is 15.4. The van der Waals surface area contributed by atoms with E-state index in [1.807, 2.05) is 52.0 Å². The van der Waals surface area contributed by atoms with Crippen molar-refractivity contribution in [3.05, 3.63) is 29.8 Å². The van der Waals surface area contributed by atoms with E-state index in [1.165, 1.54) is 0 Å². The zero-order valence-electron chi connectivity index (χ0n) is 11.1. The molecule has 0 radical (unpaired) electrons. The fourth-order valence-electron chi connectivity index (χ4n) is 1.59. The molecule has 0 unspecified atom stereocenters. The maximum absolute atomic E-state index is 9.68. The molecule has 0 amide bonds. The molecule has 17 heavy (non-hydrogen) atoms. The van der Waals surface area contributed by atoms with Crippen LogP contribution in [0.5, 0.6) is 5.75 Å². The van der Waals surface area contributed by atoms with Gasteiger partial charge in [-0.15, -0.1) is 0 Å². The third-order valence-electron chi connectivity index (χ3n) is 2.52. The molecule has 0 aliphatic rings. The summed E-state index contributed by atoms with van der Waals surface area (Å²) in [5, 5.41) is 9.68. The molecule has 0 bridgehead atoms. The third kappa shape index (κ3) is 4.36. The lowest BCUT2D eigenvalue weighted by Gasteiger charge is -2.22. The van der Waals surface area contributed by atoms with Gasteiger partial charge in [0.2, 0.25) is 0 Å². The van der Waals surface area contributed by atoms with Crippen molar-refractivity contribution in [2.75, 3.05) is 0 Å². The Labute approximate surface area is 104 Å². The average molecular weight is 237 g/mol. The predicted molar refractivity (Wildman–Crippen MR) is 70.0 cm³/mol. The summed E-state index contributed by atoms with van der Waals surface area (Å²) in [5.41, 5.74) is 6.66. The highest BCUT2D eigenvalue weighted by Crippen LogP contribution is 2.22. The molecule has 0 saturated carbocycles. The van der Waals surface area contributed by atoms with Crippen molar-refractivity contribution in [3.63, 3.8) is 0 Å². The average Bonchev–Trinajstić information content (AvgIpc) is 2.26. The standard InChI is InChI=1S/C14H23NO2/c1-5-12(16)13(15)10-6-8-11(9-7-10)17-14(2,3)4/h6-9,12-13,16H,5,15H2,1-4H3/t12-,13+/m0/s1. The molecule has 3 nitrogen and oxygen atoms in total. The molecule has 0 aliphatic carbocycles. The molecule has 0 heterocycles. The second kappa shape index (κ2) is 5.52. The van der Waals surface area contributed by atoms with Crippen molar-refractivity contribution in [2.45, 2.75) is 51.9 Å². The van der Waals surface area contributed by atoms with E-state index in [1.54, 1.807) is 0 Å². The highest BCUT2D eigenvalue weighted by Gasteiger charge is 2.16. The van der Waals surface area contributed by atoms with E-state index in [0.29, 0.717) is 6.42 Å². The lowest BCUT2D eigenvalue weighted by molar-refractivity contribution is 0.130. The fourth-order valence-corrected chi connectivity index (χ4v) is 1.59. The Kier molecular flexibility index (Phi) is 4.54. The molecule has 0 aliphatic heterocycles. The van der Waals surface area contributed by atoms with Crippen LogP contribution < -0.4 is 10.5 Å². The molecule has 0 aromatic heterocycles. The van der Waals surface area contributed by atoms with Crippen LogP contribution in [-0.4, -0.2) is 16.8 Å². The highest BCUT2D eigenvalue weighted by molar-refractivity contribution is 5.29. The minimum Gasteiger partial charge on any atom is -0.488 e. The fraction of sp³-hybridized carbons (Fsp3) is 0.571. The smallest absolute Gasteiger partial charge is 0.120 e. The number of ether oxygens (including phenoxy) is 1. The van der Waals surface area contributed by atoms with Gasteiger partial charge >= 0.3 is 0 Å². The largest absolute Gasteiger partial charge is 0.488 e. The molecule has 1 rings (SSSR count). The second-order valence-electron chi connectivity index (χ2n) is 5.28. The minimum absolute atomic E-state index is 0.202. The Morgan fingerprint density at radius 2 is 1.76 bits per heavy atom. The summed E-state index contributed by atoms with van der Waals surface area (Å²) in [5.74, 6) is 0.819. The van der Waals surface area contributed by atoms with Crippen LogP contribution in [-0.2, 0) is 0 Å². The van der Waals surface area contributed by atoms with Crippen LogP contribution in [0.4, 0.5) is 0 Å². The molecule has 3 heteroatoms. The number of hydrogen-bond acceptors (Lipinski definition) is 3. The van der Waals surface area contributed by atoms with Gasteiger partial charge in [-0.2, -0.15) is 0 Å². The molecule has 0 saturated heterocycles. The zero-order valence-corrected chi connectivity index (χ0v) is 11.1. The van der Waals surface area contributed by atoms with Crippen molar-refractivity contribution in [1.29, 1.82) is 0 Å². The third-order valence-corrected chi connectivity index (χ3v) is 2.52. The first-order valence-corrected chi connectivity index (χ1v) is 6.06. The summed E-state index contributed by atoms with van der Waals surface area (Å²) in [4.78, 5) is 0. The van der Waals surface area contributed by atoms with Crippen LogP contribution in [0.2, 0.25) is 0 Å². The van der Waals surface area contributed by atoms with Crippen LogP contribution in [0.3, 0.4) is 0 Å². The first kappa shape index (κ1) is 14.0. The van der Waals surface area contributed by atoms with Crippen LogP contribution in [0.1, 0.15) is 45.7 Å². The van der Waals surface area contributed by atoms with Crippen molar-refractivity contribution >= 4 is 0 Å². The van der Waals surface area contributed by atoms with Gasteiger partial charge in [-0.25, -0.2) is 0 Å². The first-order chi connectivity index (χ1) is 7.83. The predicted octanol–water partition coefficient (Wildman–Crippen LogP) is 2.63. The van der Waals surface area contributed by atoms with Crippen molar-refractivity contribution < 1.29 is 9.84 Å². The van der Waals surface area contributed by atoms with Crippen molar-refractivity contribution in [3.8, 4) is 5.75 Å². The lowest BCUT2D eigenvalue weighted by Crippen LogP contribution is -2.25. The summed E-state index contributed by atoms with van der Waals surface area (Å²) < 4.78 is 5.72. The number of nitrogens with two attached hydrogens (primary N) is 1. The molecule has 96 valence electrons. The van der Waals surface area contributed by atoms with Gasteiger partial charge in [-0.05, 0) is 44.9 Å². The molecular formula is C14H23NO2. The number of benzene rings is 1. The van der Waals surface area contributed by atoms with Gasteiger partial charge in [-0.3, -0.25) is 0 Å². The number of aliphatic hydroxyl groups excluding tert-OH is 1. The van der Waals surface area contributed by atoms with Crippen LogP contribution in [0, 0.1) is 0 Å². The van der Waals surface area contributed by atoms with E-state index in [0.717, 1.165) is 11.3 Å². The maximum atomic E-state index is 9.68. The highest BCUT2D eigenvalue weighted by atomic mass is 16.5. The van der Waals surface area contributed by atoms with E-state index >= 15 is 0 Å². The summed E-state index contributed by atoms with van der Waals surface area (Å²) in [6.07, 6.45) is 0.158. The van der Waals surface area contributed by atoms with Crippen molar-refractivity contribution in [2.24, 2.45) is 5.73 Å². The van der Waals surface area contributed by atoms with Gasteiger partial charge in [0, 0.05) is 0 Å². The van der Waals surface area contributed by atoms with Gasteiger partial charge in [0.15, 0.2) is 0 Å². The molecule has 0 fully saturated rings. The number of hydrogen-bond donors (Lipinski definition) is 2. The van der Waals surface area contributed by atoms with E-state index < -0.39 is 6.10 Å². The summed E-state index contributed by atoms with van der Waals surface area (Å²) in [6, 6.07) is 7.27. The molecule has 3 N–H and O–H groups in total. The Morgan fingerprint density at radius 1 is 1.24 bits per heavy atom. The summed E-state index contributed by atoms with van der Waals surface area (Å²) in [6.45, 7) is 7.94. The van der Waals surface area contributed by atoms with Gasteiger partial charge in [0.05, 0.1) is 12.1 Å². The van der Waals surface area contributed by atoms with E-state index in [-0.39, 0.29) is 11.6 Å². The van der Waals surface area contributed by atoms with E-state index in [2.05, 4.69) is 0 Å². The lowest BCUT2D eigenvalue weighted by atomic mass is 10.0. The van der Waals surface area contributed by atoms with Gasteiger partial charge in [-0.1, -0.05) is 19.1 Å².